The van der Waals surface area contributed by atoms with Crippen LogP contribution in [-0.4, -0.2) is 53.4 Å². The monoisotopic (exact) mass is 334 g/mol. The summed E-state index contributed by atoms with van der Waals surface area (Å²) in [4.78, 5) is 7.02. The normalized spacial score (nSPS) is 18.5. The van der Waals surface area contributed by atoms with Gasteiger partial charge in [0.05, 0.1) is 12.2 Å². The van der Waals surface area contributed by atoms with Crippen LogP contribution in [0.1, 0.15) is 45.2 Å². The van der Waals surface area contributed by atoms with Crippen LogP contribution in [0.4, 0.5) is 0 Å². The van der Waals surface area contributed by atoms with E-state index in [1.54, 1.807) is 0 Å². The Morgan fingerprint density at radius 3 is 2.46 bits per heavy atom. The highest BCUT2D eigenvalue weighted by atomic mass is 15.3. The molecule has 6 nitrogen and oxygen atoms in total. The Balaban J connectivity index is 1.85. The Hall–Kier alpha value is -1.56. The van der Waals surface area contributed by atoms with Gasteiger partial charge >= 0.3 is 0 Å². The minimum absolute atomic E-state index is 0.554. The summed E-state index contributed by atoms with van der Waals surface area (Å²) in [6.07, 6.45) is 7.24. The number of aliphatic imine (C=N–C) groups is 1. The first-order chi connectivity index (χ1) is 11.6. The minimum atomic E-state index is 0.554. The van der Waals surface area contributed by atoms with Crippen LogP contribution >= 0.6 is 0 Å². The van der Waals surface area contributed by atoms with Crippen molar-refractivity contribution in [3.8, 4) is 0 Å². The van der Waals surface area contributed by atoms with E-state index in [4.69, 9.17) is 0 Å². The van der Waals surface area contributed by atoms with Crippen LogP contribution < -0.4 is 10.6 Å². The van der Waals surface area contributed by atoms with Gasteiger partial charge in [-0.1, -0.05) is 26.7 Å². The second-order valence-corrected chi connectivity index (χ2v) is 7.01. The molecule has 6 heteroatoms. The van der Waals surface area contributed by atoms with Crippen LogP contribution in [0.5, 0.6) is 0 Å². The average molecular weight is 335 g/mol. The van der Waals surface area contributed by atoms with Crippen LogP contribution in [-0.2, 0) is 13.6 Å². The van der Waals surface area contributed by atoms with Crippen LogP contribution in [0.25, 0.3) is 0 Å². The van der Waals surface area contributed by atoms with Gasteiger partial charge < -0.3 is 10.6 Å². The third-order valence-electron chi connectivity index (χ3n) is 4.94. The maximum Gasteiger partial charge on any atom is 0.191 e. The first-order valence-electron chi connectivity index (χ1n) is 9.27. The summed E-state index contributed by atoms with van der Waals surface area (Å²) < 4.78 is 1.88. The Morgan fingerprint density at radius 1 is 1.21 bits per heavy atom. The molecule has 2 heterocycles. The molecule has 0 aliphatic carbocycles. The number of aryl methyl sites for hydroxylation is 1. The molecule has 0 spiro atoms. The number of hydrogen-bond acceptors (Lipinski definition) is 3. The predicted octanol–water partition coefficient (Wildman–Crippen LogP) is 1.99. The summed E-state index contributed by atoms with van der Waals surface area (Å²) in [5, 5.41) is 11.1. The van der Waals surface area contributed by atoms with Gasteiger partial charge in [-0.15, -0.1) is 0 Å². The zero-order valence-electron chi connectivity index (χ0n) is 15.8. The van der Waals surface area contributed by atoms with Gasteiger partial charge in [0.25, 0.3) is 0 Å². The molecule has 2 N–H and O–H groups in total. The van der Waals surface area contributed by atoms with E-state index in [1.807, 2.05) is 31.0 Å². The van der Waals surface area contributed by atoms with Crippen molar-refractivity contribution in [2.45, 2.75) is 52.1 Å². The van der Waals surface area contributed by atoms with Crippen molar-refractivity contribution >= 4 is 5.96 Å². The largest absolute Gasteiger partial charge is 0.355 e. The molecular weight excluding hydrogens is 300 g/mol. The lowest BCUT2D eigenvalue weighted by Gasteiger charge is -2.34. The molecule has 2 rings (SSSR count). The van der Waals surface area contributed by atoms with Crippen molar-refractivity contribution < 1.29 is 0 Å². The van der Waals surface area contributed by atoms with E-state index in [-0.39, 0.29) is 0 Å². The average Bonchev–Trinajstić information content (AvgIpc) is 2.81. The zero-order valence-corrected chi connectivity index (χ0v) is 15.8. The predicted molar refractivity (Wildman–Crippen MR) is 100 cm³/mol. The lowest BCUT2D eigenvalue weighted by atomic mass is 10.0. The number of nitrogens with zero attached hydrogens (tertiary/aromatic N) is 4. The van der Waals surface area contributed by atoms with Gasteiger partial charge in [0, 0.05) is 32.9 Å². The topological polar surface area (TPSA) is 57.5 Å². The number of aromatic nitrogens is 2. The molecule has 1 aromatic heterocycles. The maximum atomic E-state index is 4.36. The Labute approximate surface area is 146 Å². The highest BCUT2D eigenvalue weighted by Crippen LogP contribution is 2.17. The highest BCUT2D eigenvalue weighted by Gasteiger charge is 2.22. The number of guanidine groups is 1. The van der Waals surface area contributed by atoms with E-state index in [2.05, 4.69) is 39.5 Å². The number of nitrogens with one attached hydrogen (secondary N) is 2. The van der Waals surface area contributed by atoms with Gasteiger partial charge in [-0.05, 0) is 37.9 Å². The molecule has 1 unspecified atom stereocenters. The maximum absolute atomic E-state index is 4.36. The van der Waals surface area contributed by atoms with Crippen molar-refractivity contribution in [3.63, 3.8) is 0 Å². The summed E-state index contributed by atoms with van der Waals surface area (Å²) >= 11 is 0. The standard InChI is InChI=1S/C18H34N6/c1-15(2)17(24-11-7-5-6-8-12-24)14-21-18(19-3)20-13-16-9-10-22-23(16)4/h9-10,15,17H,5-8,11-14H2,1-4H3,(H2,19,20,21). The van der Waals surface area contributed by atoms with Gasteiger partial charge in [-0.3, -0.25) is 14.6 Å². The van der Waals surface area contributed by atoms with E-state index in [1.165, 1.54) is 38.8 Å². The number of likely N-dealkylation sites (tertiary alicyclic amines) is 1. The van der Waals surface area contributed by atoms with Crippen molar-refractivity contribution in [3.05, 3.63) is 18.0 Å². The first-order valence-corrected chi connectivity index (χ1v) is 9.27. The van der Waals surface area contributed by atoms with Crippen LogP contribution in [0, 0.1) is 5.92 Å². The van der Waals surface area contributed by atoms with E-state index in [9.17, 15) is 0 Å². The van der Waals surface area contributed by atoms with Crippen LogP contribution in [0.3, 0.4) is 0 Å². The molecule has 0 amide bonds. The highest BCUT2D eigenvalue weighted by molar-refractivity contribution is 5.79. The Morgan fingerprint density at radius 2 is 1.92 bits per heavy atom. The Kier molecular flexibility index (Phi) is 7.56. The summed E-state index contributed by atoms with van der Waals surface area (Å²) in [5.41, 5.74) is 1.14. The van der Waals surface area contributed by atoms with E-state index in [0.717, 1.165) is 24.7 Å². The summed E-state index contributed by atoms with van der Waals surface area (Å²) in [6, 6.07) is 2.58. The molecule has 24 heavy (non-hydrogen) atoms. The third-order valence-corrected chi connectivity index (χ3v) is 4.94. The quantitative estimate of drug-likeness (QED) is 0.617. The van der Waals surface area contributed by atoms with E-state index >= 15 is 0 Å². The van der Waals surface area contributed by atoms with Gasteiger partial charge in [-0.2, -0.15) is 5.10 Å². The molecule has 0 bridgehead atoms. The van der Waals surface area contributed by atoms with Crippen LogP contribution in [0.2, 0.25) is 0 Å². The first kappa shape index (κ1) is 18.8. The lowest BCUT2D eigenvalue weighted by molar-refractivity contribution is 0.161. The van der Waals surface area contributed by atoms with Crippen molar-refractivity contribution in [1.82, 2.24) is 25.3 Å². The molecule has 0 saturated carbocycles. The SMILES string of the molecule is CN=C(NCc1ccnn1C)NCC(C(C)C)N1CCCCCC1. The van der Waals surface area contributed by atoms with Crippen molar-refractivity contribution in [2.24, 2.45) is 18.0 Å². The van der Waals surface area contributed by atoms with E-state index < -0.39 is 0 Å². The number of hydrogen-bond donors (Lipinski definition) is 2. The van der Waals surface area contributed by atoms with Gasteiger partial charge in [0.1, 0.15) is 0 Å². The summed E-state index contributed by atoms with van der Waals surface area (Å²) in [7, 11) is 3.79. The zero-order chi connectivity index (χ0) is 17.4. The fourth-order valence-corrected chi connectivity index (χ4v) is 3.38. The molecule has 1 aliphatic rings. The number of rotatable bonds is 6. The third kappa shape index (κ3) is 5.51. The second-order valence-electron chi connectivity index (χ2n) is 7.01. The Bertz CT molecular complexity index is 499. The van der Waals surface area contributed by atoms with Gasteiger partial charge in [-0.25, -0.2) is 0 Å². The lowest BCUT2D eigenvalue weighted by Crippen LogP contribution is -2.49. The summed E-state index contributed by atoms with van der Waals surface area (Å²) in [5.74, 6) is 1.49. The molecule has 0 aromatic carbocycles. The smallest absolute Gasteiger partial charge is 0.191 e. The van der Waals surface area contributed by atoms with Gasteiger partial charge in [0.2, 0.25) is 0 Å². The van der Waals surface area contributed by atoms with Gasteiger partial charge in [0.15, 0.2) is 5.96 Å². The molecule has 1 saturated heterocycles. The molecular formula is C18H34N6. The molecule has 0 radical (unpaired) electrons. The second kappa shape index (κ2) is 9.67. The van der Waals surface area contributed by atoms with E-state index in [0.29, 0.717) is 12.0 Å². The fraction of sp³-hybridized carbons (Fsp3) is 0.778. The van der Waals surface area contributed by atoms with Crippen molar-refractivity contribution in [2.75, 3.05) is 26.7 Å². The van der Waals surface area contributed by atoms with Crippen LogP contribution in [0.15, 0.2) is 17.3 Å². The molecule has 1 aromatic rings. The van der Waals surface area contributed by atoms with Crippen molar-refractivity contribution in [1.29, 1.82) is 0 Å². The molecule has 1 aliphatic heterocycles. The molecule has 1 fully saturated rings. The minimum Gasteiger partial charge on any atom is -0.355 e. The summed E-state index contributed by atoms with van der Waals surface area (Å²) in [6.45, 7) is 8.76. The fourth-order valence-electron chi connectivity index (χ4n) is 3.38. The molecule has 1 atom stereocenters. The molecule has 136 valence electrons.